The minimum Gasteiger partial charge on any atom is -0.357 e. The van der Waals surface area contributed by atoms with E-state index >= 15 is 0 Å². The molecule has 0 aliphatic heterocycles. The van der Waals surface area contributed by atoms with Gasteiger partial charge in [0, 0.05) is 32.5 Å². The highest BCUT2D eigenvalue weighted by Gasteiger charge is 2.10. The molecule has 0 atom stereocenters. The van der Waals surface area contributed by atoms with E-state index < -0.39 is 10.0 Å². The Labute approximate surface area is 149 Å². The Morgan fingerprint density at radius 1 is 1.32 bits per heavy atom. The smallest absolute Gasteiger partial charge is 0.238 e. The lowest BCUT2D eigenvalue weighted by Crippen LogP contribution is -2.38. The SMILES string of the molecule is CCNC(=NCc1cccc(S(N)(=O)=O)c1)N(C)Cc1cccn1C. The first-order chi connectivity index (χ1) is 11.8. The second-order valence-corrected chi connectivity index (χ2v) is 7.39. The van der Waals surface area contributed by atoms with Crippen LogP contribution in [0.25, 0.3) is 0 Å². The second kappa shape index (κ2) is 8.17. The van der Waals surface area contributed by atoms with Gasteiger partial charge >= 0.3 is 0 Å². The molecule has 1 aromatic carbocycles. The summed E-state index contributed by atoms with van der Waals surface area (Å²) in [7, 11) is 0.267. The molecule has 1 aromatic heterocycles. The molecule has 0 saturated heterocycles. The van der Waals surface area contributed by atoms with Gasteiger partial charge in [-0.25, -0.2) is 18.5 Å². The van der Waals surface area contributed by atoms with Gasteiger partial charge in [0.25, 0.3) is 0 Å². The van der Waals surface area contributed by atoms with E-state index in [1.165, 1.54) is 11.8 Å². The highest BCUT2D eigenvalue weighted by molar-refractivity contribution is 7.89. The maximum atomic E-state index is 11.5. The molecule has 0 aliphatic rings. The molecule has 0 saturated carbocycles. The van der Waals surface area contributed by atoms with Crippen molar-refractivity contribution in [1.82, 2.24) is 14.8 Å². The number of nitrogens with two attached hydrogens (primary N) is 1. The van der Waals surface area contributed by atoms with Crippen molar-refractivity contribution in [3.05, 3.63) is 53.9 Å². The molecule has 3 N–H and O–H groups in total. The van der Waals surface area contributed by atoms with Crippen molar-refractivity contribution in [3.8, 4) is 0 Å². The van der Waals surface area contributed by atoms with Crippen molar-refractivity contribution in [3.63, 3.8) is 0 Å². The molecule has 0 aliphatic carbocycles. The van der Waals surface area contributed by atoms with Gasteiger partial charge in [-0.3, -0.25) is 0 Å². The summed E-state index contributed by atoms with van der Waals surface area (Å²) in [5.41, 5.74) is 1.96. The van der Waals surface area contributed by atoms with E-state index in [1.54, 1.807) is 12.1 Å². The number of rotatable bonds is 6. The molecule has 0 radical (unpaired) electrons. The fraction of sp³-hybridized carbons (Fsp3) is 0.353. The predicted octanol–water partition coefficient (Wildman–Crippen LogP) is 1.27. The Bertz CT molecular complexity index is 842. The number of aryl methyl sites for hydroxylation is 1. The fourth-order valence-electron chi connectivity index (χ4n) is 2.44. The molecule has 0 bridgehead atoms. The van der Waals surface area contributed by atoms with Crippen LogP contribution < -0.4 is 10.5 Å². The van der Waals surface area contributed by atoms with Gasteiger partial charge in [-0.1, -0.05) is 12.1 Å². The van der Waals surface area contributed by atoms with Crippen LogP contribution in [0.3, 0.4) is 0 Å². The molecule has 0 spiro atoms. The van der Waals surface area contributed by atoms with Gasteiger partial charge in [0.1, 0.15) is 0 Å². The highest BCUT2D eigenvalue weighted by Crippen LogP contribution is 2.11. The Hall–Kier alpha value is -2.32. The zero-order chi connectivity index (χ0) is 18.4. The summed E-state index contributed by atoms with van der Waals surface area (Å²) in [5.74, 6) is 0.754. The molecule has 2 rings (SSSR count). The van der Waals surface area contributed by atoms with E-state index in [2.05, 4.69) is 20.9 Å². The van der Waals surface area contributed by atoms with E-state index in [9.17, 15) is 8.42 Å². The monoisotopic (exact) mass is 363 g/mol. The van der Waals surface area contributed by atoms with Crippen LogP contribution in [0, 0.1) is 0 Å². The zero-order valence-electron chi connectivity index (χ0n) is 14.8. The number of benzene rings is 1. The summed E-state index contributed by atoms with van der Waals surface area (Å²) in [6.07, 6.45) is 2.01. The Morgan fingerprint density at radius 3 is 2.68 bits per heavy atom. The molecule has 1 heterocycles. The third-order valence-electron chi connectivity index (χ3n) is 3.79. The predicted molar refractivity (Wildman–Crippen MR) is 99.5 cm³/mol. The lowest BCUT2D eigenvalue weighted by Gasteiger charge is -2.22. The van der Waals surface area contributed by atoms with Gasteiger partial charge in [0.05, 0.1) is 18.0 Å². The standard InChI is InChI=1S/C17H25N5O2S/c1-4-19-17(22(3)13-15-8-6-10-21(15)2)20-12-14-7-5-9-16(11-14)25(18,23)24/h5-11H,4,12-13H2,1-3H3,(H,19,20)(H2,18,23,24). The first-order valence-electron chi connectivity index (χ1n) is 8.02. The van der Waals surface area contributed by atoms with E-state index in [0.29, 0.717) is 13.1 Å². The van der Waals surface area contributed by atoms with Gasteiger partial charge < -0.3 is 14.8 Å². The first kappa shape index (κ1) is 19.0. The van der Waals surface area contributed by atoms with Gasteiger partial charge in [-0.15, -0.1) is 0 Å². The van der Waals surface area contributed by atoms with Gasteiger partial charge in [-0.2, -0.15) is 0 Å². The van der Waals surface area contributed by atoms with Crippen molar-refractivity contribution >= 4 is 16.0 Å². The van der Waals surface area contributed by atoms with Crippen LogP contribution >= 0.6 is 0 Å². The number of primary sulfonamides is 1. The summed E-state index contributed by atoms with van der Waals surface area (Å²) in [6, 6.07) is 10.6. The van der Waals surface area contributed by atoms with E-state index in [0.717, 1.165) is 18.1 Å². The van der Waals surface area contributed by atoms with Crippen molar-refractivity contribution in [2.45, 2.75) is 24.9 Å². The number of hydrogen-bond acceptors (Lipinski definition) is 3. The minimum atomic E-state index is -3.71. The minimum absolute atomic E-state index is 0.0994. The number of aliphatic imine (C=N–C) groups is 1. The molecule has 0 fully saturated rings. The zero-order valence-corrected chi connectivity index (χ0v) is 15.6. The largest absolute Gasteiger partial charge is 0.357 e. The molecule has 2 aromatic rings. The number of nitrogens with zero attached hydrogens (tertiary/aromatic N) is 3. The van der Waals surface area contributed by atoms with E-state index in [4.69, 9.17) is 5.14 Å². The number of aromatic nitrogens is 1. The van der Waals surface area contributed by atoms with Crippen LogP contribution in [-0.2, 0) is 30.2 Å². The van der Waals surface area contributed by atoms with Crippen LogP contribution in [0.15, 0.2) is 52.5 Å². The van der Waals surface area contributed by atoms with Crippen LogP contribution in [-0.4, -0.2) is 37.4 Å². The highest BCUT2D eigenvalue weighted by atomic mass is 32.2. The molecule has 136 valence electrons. The van der Waals surface area contributed by atoms with E-state index in [1.807, 2.05) is 44.2 Å². The van der Waals surface area contributed by atoms with Crippen LogP contribution in [0.5, 0.6) is 0 Å². The molecular formula is C17H25N5O2S. The van der Waals surface area contributed by atoms with Crippen molar-refractivity contribution in [2.24, 2.45) is 17.2 Å². The van der Waals surface area contributed by atoms with Gasteiger partial charge in [-0.05, 0) is 36.8 Å². The van der Waals surface area contributed by atoms with Crippen LogP contribution in [0.4, 0.5) is 0 Å². The Kier molecular flexibility index (Phi) is 6.22. The summed E-state index contributed by atoms with van der Waals surface area (Å²) >= 11 is 0. The average molecular weight is 363 g/mol. The van der Waals surface area contributed by atoms with Crippen LogP contribution in [0.2, 0.25) is 0 Å². The lowest BCUT2D eigenvalue weighted by molar-refractivity contribution is 0.462. The number of nitrogens with one attached hydrogen (secondary N) is 1. The Balaban J connectivity index is 2.15. The average Bonchev–Trinajstić information content (AvgIpc) is 2.96. The summed E-state index contributed by atoms with van der Waals surface area (Å²) in [5, 5.41) is 8.43. The van der Waals surface area contributed by atoms with Gasteiger partial charge in [0.2, 0.25) is 10.0 Å². The van der Waals surface area contributed by atoms with Crippen molar-refractivity contribution < 1.29 is 8.42 Å². The molecule has 8 heteroatoms. The number of sulfonamides is 1. The summed E-state index contributed by atoms with van der Waals surface area (Å²) in [6.45, 7) is 3.83. The van der Waals surface area contributed by atoms with Crippen molar-refractivity contribution in [1.29, 1.82) is 0 Å². The molecule has 7 nitrogen and oxygen atoms in total. The van der Waals surface area contributed by atoms with Gasteiger partial charge in [0.15, 0.2) is 5.96 Å². The summed E-state index contributed by atoms with van der Waals surface area (Å²) < 4.78 is 25.0. The number of guanidine groups is 1. The molecule has 25 heavy (non-hydrogen) atoms. The molecule has 0 amide bonds. The third kappa shape index (κ3) is 5.33. The van der Waals surface area contributed by atoms with Crippen molar-refractivity contribution in [2.75, 3.05) is 13.6 Å². The maximum Gasteiger partial charge on any atom is 0.238 e. The second-order valence-electron chi connectivity index (χ2n) is 5.83. The van der Waals surface area contributed by atoms with Crippen LogP contribution in [0.1, 0.15) is 18.2 Å². The molecular weight excluding hydrogens is 338 g/mol. The maximum absolute atomic E-state index is 11.5. The Morgan fingerprint density at radius 2 is 2.08 bits per heavy atom. The molecule has 0 unspecified atom stereocenters. The normalized spacial score (nSPS) is 12.2. The topological polar surface area (TPSA) is 92.7 Å². The number of hydrogen-bond donors (Lipinski definition) is 2. The van der Waals surface area contributed by atoms with E-state index in [-0.39, 0.29) is 4.90 Å². The first-order valence-corrected chi connectivity index (χ1v) is 9.57. The fourth-order valence-corrected chi connectivity index (χ4v) is 3.02. The quantitative estimate of drug-likeness (QED) is 0.597. The summed E-state index contributed by atoms with van der Waals surface area (Å²) in [4.78, 5) is 6.73. The lowest BCUT2D eigenvalue weighted by atomic mass is 10.2. The third-order valence-corrected chi connectivity index (χ3v) is 4.70.